The zero-order valence-electron chi connectivity index (χ0n) is 18.9. The van der Waals surface area contributed by atoms with Gasteiger partial charge in [0, 0.05) is 11.3 Å². The maximum absolute atomic E-state index is 12.5. The Bertz CT molecular complexity index is 1350. The van der Waals surface area contributed by atoms with E-state index in [4.69, 9.17) is 14.2 Å². The number of hydrogen-bond donors (Lipinski definition) is 3. The number of para-hydroxylation sites is 2. The third kappa shape index (κ3) is 4.97. The zero-order chi connectivity index (χ0) is 25.1. The summed E-state index contributed by atoms with van der Waals surface area (Å²) < 4.78 is 15.6. The van der Waals surface area contributed by atoms with Gasteiger partial charge in [-0.3, -0.25) is 14.4 Å². The van der Waals surface area contributed by atoms with Crippen LogP contribution in [0.2, 0.25) is 0 Å². The van der Waals surface area contributed by atoms with Gasteiger partial charge >= 0.3 is 5.97 Å². The number of carbonyl (C=O) groups excluding carboxylic acids is 4. The van der Waals surface area contributed by atoms with Gasteiger partial charge in [0.15, 0.2) is 23.9 Å². The minimum Gasteiger partial charge on any atom is -0.454 e. The van der Waals surface area contributed by atoms with Gasteiger partial charge in [0.2, 0.25) is 18.6 Å². The third-order valence-corrected chi connectivity index (χ3v) is 5.65. The Morgan fingerprint density at radius 2 is 1.64 bits per heavy atom. The molecule has 1 atom stereocenters. The Hall–Kier alpha value is -4.86. The molecule has 10 nitrogen and oxygen atoms in total. The Morgan fingerprint density at radius 1 is 0.917 bits per heavy atom. The fraction of sp³-hybridized carbons (Fsp3) is 0.154. The van der Waals surface area contributed by atoms with Gasteiger partial charge < -0.3 is 30.2 Å². The van der Waals surface area contributed by atoms with E-state index in [1.165, 1.54) is 24.3 Å². The van der Waals surface area contributed by atoms with Crippen LogP contribution in [0.5, 0.6) is 11.5 Å². The summed E-state index contributed by atoms with van der Waals surface area (Å²) in [5.41, 5.74) is 2.42. The molecule has 0 radical (unpaired) electrons. The molecule has 2 amide bonds. The van der Waals surface area contributed by atoms with Gasteiger partial charge in [-0.1, -0.05) is 12.1 Å². The molecule has 2 aliphatic heterocycles. The molecule has 0 aromatic heterocycles. The number of Topliss-reactive ketones (excluding diaryl/α,β-unsaturated/α-hetero) is 1. The van der Waals surface area contributed by atoms with Gasteiger partial charge in [-0.25, -0.2) is 4.79 Å². The first kappa shape index (κ1) is 22.9. The molecule has 3 aromatic rings. The van der Waals surface area contributed by atoms with Crippen LogP contribution in [0.4, 0.5) is 17.1 Å². The number of nitrogens with one attached hydrogen (secondary N) is 3. The zero-order valence-corrected chi connectivity index (χ0v) is 18.9. The standard InChI is InChI=1S/C26H21N3O7/c30-21(16-7-10-22-23(11-16)36-14-35-22)13-34-26(33)15-5-8-17(9-6-15)27-24(31)12-20-25(32)29-19-4-2-1-3-18(19)28-20/h1-11,20,28H,12-14H2,(H,27,31)(H,29,32). The highest BCUT2D eigenvalue weighted by molar-refractivity contribution is 6.06. The van der Waals surface area contributed by atoms with Gasteiger partial charge in [-0.2, -0.15) is 0 Å². The lowest BCUT2D eigenvalue weighted by atomic mass is 10.1. The number of anilines is 3. The van der Waals surface area contributed by atoms with Crippen LogP contribution in [0.15, 0.2) is 66.7 Å². The number of amides is 2. The molecule has 0 fully saturated rings. The van der Waals surface area contributed by atoms with E-state index >= 15 is 0 Å². The van der Waals surface area contributed by atoms with Crippen LogP contribution >= 0.6 is 0 Å². The molecular weight excluding hydrogens is 466 g/mol. The Balaban J connectivity index is 1.12. The summed E-state index contributed by atoms with van der Waals surface area (Å²) in [4.78, 5) is 49.4. The van der Waals surface area contributed by atoms with Gasteiger partial charge in [0.05, 0.1) is 23.4 Å². The van der Waals surface area contributed by atoms with Crippen LogP contribution in [0, 0.1) is 0 Å². The van der Waals surface area contributed by atoms with Crippen LogP contribution in [-0.4, -0.2) is 43.0 Å². The van der Waals surface area contributed by atoms with Crippen molar-refractivity contribution in [2.24, 2.45) is 0 Å². The van der Waals surface area contributed by atoms with E-state index in [1.807, 2.05) is 18.2 Å². The normalized spacial score (nSPS) is 15.2. The van der Waals surface area contributed by atoms with E-state index in [9.17, 15) is 19.2 Å². The second-order valence-electron chi connectivity index (χ2n) is 8.13. The number of rotatable bonds is 7. The predicted octanol–water partition coefficient (Wildman–Crippen LogP) is 3.22. The van der Waals surface area contributed by atoms with Crippen molar-refractivity contribution in [1.29, 1.82) is 0 Å². The van der Waals surface area contributed by atoms with Crippen LogP contribution in [0.1, 0.15) is 27.1 Å². The first-order valence-corrected chi connectivity index (χ1v) is 11.1. The largest absolute Gasteiger partial charge is 0.454 e. The summed E-state index contributed by atoms with van der Waals surface area (Å²) >= 11 is 0. The van der Waals surface area contributed by atoms with Crippen molar-refractivity contribution in [3.63, 3.8) is 0 Å². The van der Waals surface area contributed by atoms with Crippen molar-refractivity contribution in [3.8, 4) is 11.5 Å². The van der Waals surface area contributed by atoms with E-state index in [2.05, 4.69) is 16.0 Å². The average Bonchev–Trinajstić information content (AvgIpc) is 3.36. The van der Waals surface area contributed by atoms with E-state index in [0.717, 1.165) is 5.69 Å². The van der Waals surface area contributed by atoms with Gasteiger partial charge in [0.1, 0.15) is 6.04 Å². The van der Waals surface area contributed by atoms with Crippen molar-refractivity contribution in [3.05, 3.63) is 77.9 Å². The van der Waals surface area contributed by atoms with Crippen molar-refractivity contribution in [2.75, 3.05) is 29.4 Å². The van der Waals surface area contributed by atoms with Gasteiger partial charge in [-0.15, -0.1) is 0 Å². The van der Waals surface area contributed by atoms with Crippen molar-refractivity contribution >= 4 is 40.6 Å². The minimum atomic E-state index is -0.712. The third-order valence-electron chi connectivity index (χ3n) is 5.65. The second kappa shape index (κ2) is 9.79. The molecular formula is C26H21N3O7. The van der Waals surface area contributed by atoms with Crippen molar-refractivity contribution in [2.45, 2.75) is 12.5 Å². The summed E-state index contributed by atoms with van der Waals surface area (Å²) in [6, 6.07) is 17.3. The highest BCUT2D eigenvalue weighted by atomic mass is 16.7. The monoisotopic (exact) mass is 487 g/mol. The summed E-state index contributed by atoms with van der Waals surface area (Å²) in [7, 11) is 0. The second-order valence-corrected chi connectivity index (χ2v) is 8.13. The number of carbonyl (C=O) groups is 4. The number of ketones is 1. The van der Waals surface area contributed by atoms with Crippen molar-refractivity contribution < 1.29 is 33.4 Å². The maximum atomic E-state index is 12.5. The molecule has 3 N–H and O–H groups in total. The van der Waals surface area contributed by atoms with Crippen LogP contribution in [0.25, 0.3) is 0 Å². The van der Waals surface area contributed by atoms with Crippen LogP contribution < -0.4 is 25.4 Å². The smallest absolute Gasteiger partial charge is 0.338 e. The highest BCUT2D eigenvalue weighted by Gasteiger charge is 2.27. The number of hydrogen-bond acceptors (Lipinski definition) is 8. The maximum Gasteiger partial charge on any atom is 0.338 e. The molecule has 1 unspecified atom stereocenters. The molecule has 0 aliphatic carbocycles. The summed E-state index contributed by atoms with van der Waals surface area (Å²) in [5, 5.41) is 8.54. The van der Waals surface area contributed by atoms with Crippen LogP contribution in [-0.2, 0) is 14.3 Å². The highest BCUT2D eigenvalue weighted by Crippen LogP contribution is 2.32. The Labute approximate surface area is 205 Å². The molecule has 36 heavy (non-hydrogen) atoms. The van der Waals surface area contributed by atoms with E-state index < -0.39 is 18.6 Å². The number of benzene rings is 3. The molecule has 10 heteroatoms. The van der Waals surface area contributed by atoms with E-state index in [0.29, 0.717) is 28.4 Å². The minimum absolute atomic E-state index is 0.0774. The topological polar surface area (TPSA) is 132 Å². The molecule has 2 heterocycles. The summed E-state index contributed by atoms with van der Waals surface area (Å²) in [6.45, 7) is -0.337. The number of fused-ring (bicyclic) bond motifs is 2. The lowest BCUT2D eigenvalue weighted by Gasteiger charge is -2.26. The molecule has 0 saturated carbocycles. The first-order valence-electron chi connectivity index (χ1n) is 11.1. The van der Waals surface area contributed by atoms with Gasteiger partial charge in [-0.05, 0) is 54.6 Å². The average molecular weight is 487 g/mol. The summed E-state index contributed by atoms with van der Waals surface area (Å²) in [6.07, 6.45) is -0.0774. The Kier molecular flexibility index (Phi) is 6.23. The molecule has 2 aliphatic rings. The lowest BCUT2D eigenvalue weighted by molar-refractivity contribution is -0.122. The van der Waals surface area contributed by atoms with Gasteiger partial charge in [0.25, 0.3) is 0 Å². The molecule has 182 valence electrons. The fourth-order valence-corrected chi connectivity index (χ4v) is 3.79. The molecule has 0 bridgehead atoms. The van der Waals surface area contributed by atoms with Crippen molar-refractivity contribution in [1.82, 2.24) is 0 Å². The SMILES string of the molecule is O=C(CC1Nc2ccccc2NC1=O)Nc1ccc(C(=O)OCC(=O)c2ccc3c(c2)OCO3)cc1. The summed E-state index contributed by atoms with van der Waals surface area (Å²) in [5.74, 6) is -0.699. The molecule has 5 rings (SSSR count). The molecule has 0 spiro atoms. The molecule has 0 saturated heterocycles. The van der Waals surface area contributed by atoms with E-state index in [1.54, 1.807) is 24.3 Å². The van der Waals surface area contributed by atoms with E-state index in [-0.39, 0.29) is 36.4 Å². The Morgan fingerprint density at radius 3 is 2.44 bits per heavy atom. The first-order chi connectivity index (χ1) is 17.5. The lowest BCUT2D eigenvalue weighted by Crippen LogP contribution is -2.41. The quantitative estimate of drug-likeness (QED) is 0.342. The number of ether oxygens (including phenoxy) is 3. The number of esters is 1. The predicted molar refractivity (Wildman–Crippen MR) is 129 cm³/mol. The molecule has 3 aromatic carbocycles. The fourth-order valence-electron chi connectivity index (χ4n) is 3.79. The van der Waals surface area contributed by atoms with Crippen LogP contribution in [0.3, 0.4) is 0 Å².